The molecule has 2 rings (SSSR count). The summed E-state index contributed by atoms with van der Waals surface area (Å²) in [5.41, 5.74) is 5.57. The van der Waals surface area contributed by atoms with Crippen molar-refractivity contribution in [1.82, 2.24) is 5.43 Å². The number of hydrazine groups is 1. The maximum Gasteiger partial charge on any atom is 0.119 e. The van der Waals surface area contributed by atoms with Crippen LogP contribution >= 0.6 is 23.5 Å². The summed E-state index contributed by atoms with van der Waals surface area (Å²) >= 11 is 4.13. The highest BCUT2D eigenvalue weighted by Crippen LogP contribution is 2.40. The molecule has 0 aromatic heterocycles. The molecule has 1 aromatic rings. The monoisotopic (exact) mass is 312 g/mol. The van der Waals surface area contributed by atoms with Gasteiger partial charge in [-0.15, -0.1) is 0 Å². The lowest BCUT2D eigenvalue weighted by molar-refractivity contribution is 0.413. The largest absolute Gasteiger partial charge is 0.497 e. The summed E-state index contributed by atoms with van der Waals surface area (Å²) in [5, 5.41) is 1.19. The van der Waals surface area contributed by atoms with Crippen molar-refractivity contribution in [3.8, 4) is 5.75 Å². The number of aryl methyl sites for hydroxylation is 1. The second kappa shape index (κ2) is 7.59. The molecule has 112 valence electrons. The van der Waals surface area contributed by atoms with E-state index in [1.807, 2.05) is 17.8 Å². The third-order valence-corrected chi connectivity index (χ3v) is 7.17. The van der Waals surface area contributed by atoms with E-state index in [1.165, 1.54) is 29.1 Å². The summed E-state index contributed by atoms with van der Waals surface area (Å²) in [6.45, 7) is 4.40. The number of hydrogen-bond acceptors (Lipinski definition) is 5. The predicted octanol–water partition coefficient (Wildman–Crippen LogP) is 3.14. The summed E-state index contributed by atoms with van der Waals surface area (Å²) in [7, 11) is 1.70. The predicted molar refractivity (Wildman–Crippen MR) is 90.6 cm³/mol. The van der Waals surface area contributed by atoms with Crippen LogP contribution in [0.1, 0.15) is 30.5 Å². The van der Waals surface area contributed by atoms with Crippen LogP contribution in [0.5, 0.6) is 5.75 Å². The molecule has 1 fully saturated rings. The van der Waals surface area contributed by atoms with Crippen LogP contribution < -0.4 is 16.0 Å². The van der Waals surface area contributed by atoms with Gasteiger partial charge in [-0.2, -0.15) is 23.5 Å². The lowest BCUT2D eigenvalue weighted by Crippen LogP contribution is -2.42. The van der Waals surface area contributed by atoms with Crippen LogP contribution in [0.3, 0.4) is 0 Å². The third kappa shape index (κ3) is 3.45. The van der Waals surface area contributed by atoms with Gasteiger partial charge in [0, 0.05) is 22.0 Å². The molecule has 1 aliphatic heterocycles. The Morgan fingerprint density at radius 3 is 2.75 bits per heavy atom. The van der Waals surface area contributed by atoms with Crippen LogP contribution in [0.25, 0.3) is 0 Å². The summed E-state index contributed by atoms with van der Waals surface area (Å²) < 4.78 is 5.29. The number of methoxy groups -OCH3 is 1. The highest BCUT2D eigenvalue weighted by Gasteiger charge is 2.33. The second-order valence-electron chi connectivity index (χ2n) is 5.02. The lowest BCUT2D eigenvalue weighted by Gasteiger charge is -2.36. The van der Waals surface area contributed by atoms with Crippen molar-refractivity contribution in [3.05, 3.63) is 29.3 Å². The fourth-order valence-electron chi connectivity index (χ4n) is 2.73. The summed E-state index contributed by atoms with van der Waals surface area (Å²) in [5.74, 6) is 9.25. The van der Waals surface area contributed by atoms with Gasteiger partial charge in [0.25, 0.3) is 0 Å². The Labute approximate surface area is 130 Å². The van der Waals surface area contributed by atoms with Gasteiger partial charge < -0.3 is 4.74 Å². The maximum absolute atomic E-state index is 5.89. The molecule has 1 aliphatic rings. The molecule has 0 aliphatic carbocycles. The summed E-state index contributed by atoms with van der Waals surface area (Å²) in [4.78, 5) is 0. The van der Waals surface area contributed by atoms with Crippen LogP contribution in [0, 0.1) is 6.92 Å². The normalized spacial score (nSPS) is 24.4. The molecule has 1 aromatic carbocycles. The van der Waals surface area contributed by atoms with Crippen LogP contribution in [0.15, 0.2) is 18.2 Å². The minimum Gasteiger partial charge on any atom is -0.497 e. The van der Waals surface area contributed by atoms with Gasteiger partial charge in [0.15, 0.2) is 0 Å². The van der Waals surface area contributed by atoms with Gasteiger partial charge in [-0.05, 0) is 36.6 Å². The molecule has 1 heterocycles. The molecule has 5 heteroatoms. The minimum atomic E-state index is 0.198. The van der Waals surface area contributed by atoms with Crippen molar-refractivity contribution < 1.29 is 4.74 Å². The van der Waals surface area contributed by atoms with Crippen molar-refractivity contribution in [1.29, 1.82) is 0 Å². The highest BCUT2D eigenvalue weighted by molar-refractivity contribution is 8.07. The summed E-state index contributed by atoms with van der Waals surface area (Å²) in [6.07, 6.45) is 1.19. The standard InChI is InChI=1S/C15H24N2OS2/c1-4-13-15(20-8-7-19-13)14(17-16)12-6-5-11(18-3)9-10(12)2/h5-6,9,13-15,17H,4,7-8,16H2,1-3H3. The van der Waals surface area contributed by atoms with E-state index in [4.69, 9.17) is 10.6 Å². The third-order valence-electron chi connectivity index (χ3n) is 3.81. The van der Waals surface area contributed by atoms with Gasteiger partial charge in [0.2, 0.25) is 0 Å². The molecule has 0 amide bonds. The molecule has 3 unspecified atom stereocenters. The number of rotatable bonds is 5. The van der Waals surface area contributed by atoms with Gasteiger partial charge >= 0.3 is 0 Å². The number of nitrogens with one attached hydrogen (secondary N) is 1. The van der Waals surface area contributed by atoms with Gasteiger partial charge in [0.05, 0.1) is 13.2 Å². The SMILES string of the molecule is CCC1SCCSC1C(NN)c1ccc(OC)cc1C. The average molecular weight is 313 g/mol. The minimum absolute atomic E-state index is 0.198. The van der Waals surface area contributed by atoms with E-state index in [2.05, 4.69) is 43.2 Å². The van der Waals surface area contributed by atoms with E-state index in [-0.39, 0.29) is 6.04 Å². The Kier molecular flexibility index (Phi) is 6.08. The van der Waals surface area contributed by atoms with Crippen molar-refractivity contribution in [2.75, 3.05) is 18.6 Å². The van der Waals surface area contributed by atoms with E-state index >= 15 is 0 Å². The molecule has 0 radical (unpaired) electrons. The van der Waals surface area contributed by atoms with Gasteiger partial charge in [-0.1, -0.05) is 13.0 Å². The van der Waals surface area contributed by atoms with Crippen LogP contribution in [-0.2, 0) is 0 Å². The van der Waals surface area contributed by atoms with Crippen LogP contribution in [0.4, 0.5) is 0 Å². The number of hydrogen-bond donors (Lipinski definition) is 2. The Morgan fingerprint density at radius 1 is 1.40 bits per heavy atom. The van der Waals surface area contributed by atoms with Crippen LogP contribution in [0.2, 0.25) is 0 Å². The van der Waals surface area contributed by atoms with Gasteiger partial charge in [-0.3, -0.25) is 11.3 Å². The Balaban J connectivity index is 2.26. The topological polar surface area (TPSA) is 47.3 Å². The van der Waals surface area contributed by atoms with E-state index in [0.717, 1.165) is 5.75 Å². The molecule has 3 N–H and O–H groups in total. The Bertz CT molecular complexity index is 442. The zero-order chi connectivity index (χ0) is 14.5. The molecule has 20 heavy (non-hydrogen) atoms. The quantitative estimate of drug-likeness (QED) is 0.646. The zero-order valence-electron chi connectivity index (χ0n) is 12.4. The highest BCUT2D eigenvalue weighted by atomic mass is 32.2. The smallest absolute Gasteiger partial charge is 0.119 e. The van der Waals surface area contributed by atoms with Crippen molar-refractivity contribution in [3.63, 3.8) is 0 Å². The molecule has 0 saturated carbocycles. The molecule has 3 atom stereocenters. The molecular weight excluding hydrogens is 288 g/mol. The second-order valence-corrected chi connectivity index (χ2v) is 7.65. The molecule has 0 bridgehead atoms. The van der Waals surface area contributed by atoms with E-state index in [0.29, 0.717) is 10.5 Å². The van der Waals surface area contributed by atoms with Crippen molar-refractivity contribution in [2.24, 2.45) is 5.84 Å². The number of benzene rings is 1. The van der Waals surface area contributed by atoms with Gasteiger partial charge in [0.1, 0.15) is 5.75 Å². The summed E-state index contributed by atoms with van der Waals surface area (Å²) in [6, 6.07) is 6.45. The average Bonchev–Trinajstić information content (AvgIpc) is 2.50. The van der Waals surface area contributed by atoms with E-state index < -0.39 is 0 Å². The first-order valence-corrected chi connectivity index (χ1v) is 9.14. The first-order valence-electron chi connectivity index (χ1n) is 7.05. The molecular formula is C15H24N2OS2. The number of thioether (sulfide) groups is 2. The van der Waals surface area contributed by atoms with E-state index in [1.54, 1.807) is 7.11 Å². The van der Waals surface area contributed by atoms with E-state index in [9.17, 15) is 0 Å². The van der Waals surface area contributed by atoms with Gasteiger partial charge in [-0.25, -0.2) is 0 Å². The van der Waals surface area contributed by atoms with Crippen molar-refractivity contribution in [2.45, 2.75) is 36.8 Å². The maximum atomic E-state index is 5.89. The fraction of sp³-hybridized carbons (Fsp3) is 0.600. The molecule has 1 saturated heterocycles. The fourth-order valence-corrected chi connectivity index (χ4v) is 5.96. The number of nitrogens with two attached hydrogens (primary N) is 1. The zero-order valence-corrected chi connectivity index (χ0v) is 14.0. The molecule has 0 spiro atoms. The number of ether oxygens (including phenoxy) is 1. The van der Waals surface area contributed by atoms with Crippen molar-refractivity contribution >= 4 is 23.5 Å². The first kappa shape index (κ1) is 16.0. The Hall–Kier alpha value is -0.360. The first-order chi connectivity index (χ1) is 9.71. The lowest BCUT2D eigenvalue weighted by atomic mass is 9.96. The molecule has 3 nitrogen and oxygen atoms in total. The Morgan fingerprint density at radius 2 is 2.15 bits per heavy atom. The van der Waals surface area contributed by atoms with Crippen LogP contribution in [-0.4, -0.2) is 29.1 Å².